The first kappa shape index (κ1) is 16.4. The molecule has 0 spiro atoms. The van der Waals surface area contributed by atoms with Gasteiger partial charge >= 0.3 is 0 Å². The van der Waals surface area contributed by atoms with Crippen LogP contribution in [0.4, 0.5) is 0 Å². The molecule has 0 saturated carbocycles. The summed E-state index contributed by atoms with van der Waals surface area (Å²) in [7, 11) is 3.88. The Bertz CT molecular complexity index is 900. The summed E-state index contributed by atoms with van der Waals surface area (Å²) in [6.07, 6.45) is 2.37. The summed E-state index contributed by atoms with van der Waals surface area (Å²) >= 11 is 5.98. The number of aromatic amines is 1. The fourth-order valence-electron chi connectivity index (χ4n) is 3.60. The van der Waals surface area contributed by atoms with Crippen molar-refractivity contribution < 1.29 is 4.74 Å². The topological polar surface area (TPSA) is 54.0 Å². The molecule has 2 aromatic heterocycles. The van der Waals surface area contributed by atoms with Crippen LogP contribution in [0.5, 0.6) is 5.75 Å². The number of methoxy groups -OCH3 is 1. The van der Waals surface area contributed by atoms with E-state index in [0.29, 0.717) is 16.7 Å². The van der Waals surface area contributed by atoms with E-state index < -0.39 is 0 Å². The van der Waals surface area contributed by atoms with Crippen molar-refractivity contribution in [2.24, 2.45) is 0 Å². The molecule has 1 N–H and O–H groups in total. The molecule has 0 bridgehead atoms. The Labute approximate surface area is 152 Å². The van der Waals surface area contributed by atoms with Gasteiger partial charge in [0.25, 0.3) is 0 Å². The van der Waals surface area contributed by atoms with Crippen molar-refractivity contribution in [3.63, 3.8) is 0 Å². The van der Waals surface area contributed by atoms with Gasteiger partial charge < -0.3 is 9.64 Å². The van der Waals surface area contributed by atoms with Crippen LogP contribution in [-0.2, 0) is 0 Å². The molecule has 0 amide bonds. The van der Waals surface area contributed by atoms with Crippen LogP contribution in [0.25, 0.3) is 22.3 Å². The van der Waals surface area contributed by atoms with Gasteiger partial charge in [0.15, 0.2) is 5.65 Å². The maximum Gasteiger partial charge on any atom is 0.182 e. The summed E-state index contributed by atoms with van der Waals surface area (Å²) in [5, 5.41) is 8.80. The Hall–Kier alpha value is -2.11. The monoisotopic (exact) mass is 356 g/mol. The van der Waals surface area contributed by atoms with Crippen molar-refractivity contribution in [1.29, 1.82) is 0 Å². The Morgan fingerprint density at radius 3 is 2.76 bits per heavy atom. The van der Waals surface area contributed by atoms with Gasteiger partial charge in [-0.25, -0.2) is 4.98 Å². The minimum Gasteiger partial charge on any atom is -0.496 e. The summed E-state index contributed by atoms with van der Waals surface area (Å²) in [4.78, 5) is 6.66. The number of nitrogens with zero attached hydrogens (tertiary/aromatic N) is 3. The quantitative estimate of drug-likeness (QED) is 0.718. The summed E-state index contributed by atoms with van der Waals surface area (Å²) in [6, 6.07) is 10.2. The number of hydrogen-bond acceptors (Lipinski definition) is 4. The molecular formula is C19H21ClN4O. The Morgan fingerprint density at radius 1 is 1.20 bits per heavy atom. The predicted octanol–water partition coefficient (Wildman–Crippen LogP) is 4.10. The lowest BCUT2D eigenvalue weighted by atomic mass is 9.88. The van der Waals surface area contributed by atoms with Crippen molar-refractivity contribution in [2.75, 3.05) is 27.2 Å². The van der Waals surface area contributed by atoms with E-state index in [1.807, 2.05) is 6.07 Å². The molecule has 1 saturated heterocycles. The molecule has 25 heavy (non-hydrogen) atoms. The van der Waals surface area contributed by atoms with Gasteiger partial charge in [0.2, 0.25) is 0 Å². The number of H-pyrrole nitrogens is 1. The number of halogens is 1. The number of hydrogen-bond donors (Lipinski definition) is 1. The molecule has 1 fully saturated rings. The fourth-order valence-corrected chi connectivity index (χ4v) is 3.74. The minimum absolute atomic E-state index is 0.442. The van der Waals surface area contributed by atoms with Gasteiger partial charge in [-0.3, -0.25) is 5.10 Å². The molecule has 3 aromatic rings. The van der Waals surface area contributed by atoms with Gasteiger partial charge in [-0.2, -0.15) is 5.10 Å². The number of pyridine rings is 1. The summed E-state index contributed by atoms with van der Waals surface area (Å²) < 4.78 is 5.60. The van der Waals surface area contributed by atoms with E-state index in [0.717, 1.165) is 35.5 Å². The minimum atomic E-state index is 0.442. The Balaban J connectivity index is 1.78. The van der Waals surface area contributed by atoms with Crippen molar-refractivity contribution in [2.45, 2.75) is 18.8 Å². The molecular weight excluding hydrogens is 336 g/mol. The average Bonchev–Trinajstić information content (AvgIpc) is 3.04. The van der Waals surface area contributed by atoms with Crippen molar-refractivity contribution in [3.8, 4) is 17.0 Å². The highest BCUT2D eigenvalue weighted by atomic mass is 35.5. The second kappa shape index (κ2) is 6.65. The van der Waals surface area contributed by atoms with Crippen LogP contribution in [0.1, 0.15) is 24.3 Å². The lowest BCUT2D eigenvalue weighted by Gasteiger charge is -2.29. The molecule has 130 valence electrons. The van der Waals surface area contributed by atoms with E-state index in [-0.39, 0.29) is 0 Å². The average molecular weight is 357 g/mol. The van der Waals surface area contributed by atoms with E-state index >= 15 is 0 Å². The molecule has 1 aliphatic heterocycles. The number of piperidine rings is 1. The highest BCUT2D eigenvalue weighted by molar-refractivity contribution is 6.29. The molecule has 6 heteroatoms. The molecule has 0 unspecified atom stereocenters. The smallest absolute Gasteiger partial charge is 0.182 e. The third kappa shape index (κ3) is 3.10. The molecule has 0 radical (unpaired) electrons. The molecule has 1 aromatic carbocycles. The Kier molecular flexibility index (Phi) is 4.36. The third-order valence-electron chi connectivity index (χ3n) is 5.07. The molecule has 0 atom stereocenters. The van der Waals surface area contributed by atoms with Gasteiger partial charge in [-0.1, -0.05) is 17.7 Å². The van der Waals surface area contributed by atoms with Crippen LogP contribution >= 0.6 is 11.6 Å². The van der Waals surface area contributed by atoms with Gasteiger partial charge in [-0.05, 0) is 68.7 Å². The second-order valence-electron chi connectivity index (χ2n) is 6.64. The standard InChI is InChI=1S/C19H21ClN4O/c1-24-9-7-12(8-10-24)13-3-5-16(25-2)15(11-13)18-14-4-6-17(20)21-19(14)23-22-18/h3-6,11-12H,7-10H2,1-2H3,(H,21,22,23). The maximum atomic E-state index is 5.98. The van der Waals surface area contributed by atoms with Gasteiger partial charge in [0, 0.05) is 10.9 Å². The van der Waals surface area contributed by atoms with Gasteiger partial charge in [0.05, 0.1) is 12.8 Å². The number of rotatable bonds is 3. The Morgan fingerprint density at radius 2 is 2.00 bits per heavy atom. The number of benzene rings is 1. The summed E-state index contributed by atoms with van der Waals surface area (Å²) in [5.41, 5.74) is 3.92. The molecule has 3 heterocycles. The summed E-state index contributed by atoms with van der Waals surface area (Å²) in [6.45, 7) is 2.28. The number of nitrogens with one attached hydrogen (secondary N) is 1. The number of aromatic nitrogens is 3. The number of likely N-dealkylation sites (tertiary alicyclic amines) is 1. The number of fused-ring (bicyclic) bond motifs is 1. The van der Waals surface area contributed by atoms with Crippen LogP contribution in [0.3, 0.4) is 0 Å². The molecule has 5 nitrogen and oxygen atoms in total. The zero-order valence-corrected chi connectivity index (χ0v) is 15.2. The highest BCUT2D eigenvalue weighted by Crippen LogP contribution is 2.37. The lowest BCUT2D eigenvalue weighted by molar-refractivity contribution is 0.255. The van der Waals surface area contributed by atoms with Crippen LogP contribution in [0, 0.1) is 0 Å². The van der Waals surface area contributed by atoms with E-state index in [1.54, 1.807) is 13.2 Å². The highest BCUT2D eigenvalue weighted by Gasteiger charge is 2.21. The number of ether oxygens (including phenoxy) is 1. The van der Waals surface area contributed by atoms with Crippen molar-refractivity contribution in [3.05, 3.63) is 41.0 Å². The normalized spacial score (nSPS) is 16.4. The second-order valence-corrected chi connectivity index (χ2v) is 7.03. The zero-order chi connectivity index (χ0) is 17.4. The van der Waals surface area contributed by atoms with Crippen LogP contribution in [0.15, 0.2) is 30.3 Å². The van der Waals surface area contributed by atoms with Gasteiger partial charge in [-0.15, -0.1) is 0 Å². The van der Waals surface area contributed by atoms with E-state index in [9.17, 15) is 0 Å². The van der Waals surface area contributed by atoms with E-state index in [4.69, 9.17) is 16.3 Å². The SMILES string of the molecule is COc1ccc(C2CCN(C)CC2)cc1-c1[nH]nc2nc(Cl)ccc12. The van der Waals surface area contributed by atoms with Crippen molar-refractivity contribution in [1.82, 2.24) is 20.1 Å². The first-order valence-electron chi connectivity index (χ1n) is 8.53. The third-order valence-corrected chi connectivity index (χ3v) is 5.28. The zero-order valence-electron chi connectivity index (χ0n) is 14.4. The lowest BCUT2D eigenvalue weighted by Crippen LogP contribution is -2.29. The van der Waals surface area contributed by atoms with Gasteiger partial charge in [0.1, 0.15) is 10.9 Å². The van der Waals surface area contributed by atoms with E-state index in [1.165, 1.54) is 18.4 Å². The molecule has 1 aliphatic rings. The van der Waals surface area contributed by atoms with Crippen molar-refractivity contribution >= 4 is 22.6 Å². The van der Waals surface area contributed by atoms with E-state index in [2.05, 4.69) is 45.3 Å². The first-order valence-corrected chi connectivity index (χ1v) is 8.91. The largest absolute Gasteiger partial charge is 0.496 e. The molecule has 0 aliphatic carbocycles. The van der Waals surface area contributed by atoms with Crippen LogP contribution in [0.2, 0.25) is 5.15 Å². The maximum absolute atomic E-state index is 5.98. The first-order chi connectivity index (χ1) is 12.2. The summed E-state index contributed by atoms with van der Waals surface area (Å²) in [5.74, 6) is 1.42. The van der Waals surface area contributed by atoms with Crippen LogP contribution in [-0.4, -0.2) is 47.3 Å². The fraction of sp³-hybridized carbons (Fsp3) is 0.368. The van der Waals surface area contributed by atoms with Crippen LogP contribution < -0.4 is 4.74 Å². The molecule has 4 rings (SSSR count). The predicted molar refractivity (Wildman–Crippen MR) is 100 cm³/mol.